The second-order valence-corrected chi connectivity index (χ2v) is 5.83. The predicted molar refractivity (Wildman–Crippen MR) is 83.3 cm³/mol. The molecule has 1 saturated heterocycles. The quantitative estimate of drug-likeness (QED) is 0.838. The highest BCUT2D eigenvalue weighted by molar-refractivity contribution is 5.75. The first kappa shape index (κ1) is 18.1. The molecular weight excluding hydrogens is 316 g/mol. The second-order valence-electron chi connectivity index (χ2n) is 5.83. The van der Waals surface area contributed by atoms with Crippen molar-refractivity contribution in [3.8, 4) is 11.5 Å². The maximum Gasteiger partial charge on any atom is 0.335 e. The molecule has 1 heterocycles. The van der Waals surface area contributed by atoms with Gasteiger partial charge in [0.1, 0.15) is 0 Å². The Hall–Kier alpha value is -2.28. The van der Waals surface area contributed by atoms with Crippen molar-refractivity contribution in [1.29, 1.82) is 0 Å². The van der Waals surface area contributed by atoms with Crippen molar-refractivity contribution >= 4 is 11.9 Å². The zero-order chi connectivity index (χ0) is 17.9. The number of hydrogen-bond donors (Lipinski definition) is 1. The molecule has 0 aromatic heterocycles. The third-order valence-corrected chi connectivity index (χ3v) is 4.22. The number of benzene rings is 1. The number of carbonyl (C=O) groups is 2. The molecule has 132 valence electrons. The summed E-state index contributed by atoms with van der Waals surface area (Å²) in [5.74, 6) is -1.38. The standard InChI is InChI=1S/C17H22O7/c1-9-10(2)15(22-11(3)18)17(24-14(9)16(20)21-4)23-13-8-6-5-7-12(13)19/h5-10,14-15,17,19H,1-4H3. The van der Waals surface area contributed by atoms with E-state index in [9.17, 15) is 14.7 Å². The minimum Gasteiger partial charge on any atom is -0.504 e. The lowest BCUT2D eigenvalue weighted by Gasteiger charge is -2.42. The van der Waals surface area contributed by atoms with Crippen LogP contribution in [0.3, 0.4) is 0 Å². The molecule has 5 unspecified atom stereocenters. The minimum absolute atomic E-state index is 0.0800. The van der Waals surface area contributed by atoms with Gasteiger partial charge in [0.2, 0.25) is 6.29 Å². The van der Waals surface area contributed by atoms with Crippen LogP contribution in [0.5, 0.6) is 11.5 Å². The first-order chi connectivity index (χ1) is 11.3. The first-order valence-electron chi connectivity index (χ1n) is 7.70. The average molecular weight is 338 g/mol. The van der Waals surface area contributed by atoms with Crippen LogP contribution < -0.4 is 4.74 Å². The second kappa shape index (κ2) is 7.53. The molecule has 0 saturated carbocycles. The SMILES string of the molecule is COC(=O)C1OC(Oc2ccccc2O)C(OC(C)=O)C(C)C1C. The number of ether oxygens (including phenoxy) is 4. The van der Waals surface area contributed by atoms with Crippen LogP contribution >= 0.6 is 0 Å². The molecule has 1 fully saturated rings. The van der Waals surface area contributed by atoms with Crippen LogP contribution in [-0.4, -0.2) is 42.7 Å². The van der Waals surface area contributed by atoms with Crippen LogP contribution in [0.1, 0.15) is 20.8 Å². The van der Waals surface area contributed by atoms with Gasteiger partial charge in [-0.1, -0.05) is 26.0 Å². The molecular formula is C17H22O7. The van der Waals surface area contributed by atoms with E-state index in [-0.39, 0.29) is 23.3 Å². The zero-order valence-electron chi connectivity index (χ0n) is 14.1. The summed E-state index contributed by atoms with van der Waals surface area (Å²) in [5, 5.41) is 9.87. The minimum atomic E-state index is -1.04. The van der Waals surface area contributed by atoms with Crippen molar-refractivity contribution in [3.05, 3.63) is 24.3 Å². The first-order valence-corrected chi connectivity index (χ1v) is 7.70. The summed E-state index contributed by atoms with van der Waals surface area (Å²) in [6, 6.07) is 6.35. The van der Waals surface area contributed by atoms with E-state index < -0.39 is 30.4 Å². The summed E-state index contributed by atoms with van der Waals surface area (Å²) >= 11 is 0. The molecule has 0 bridgehead atoms. The Balaban J connectivity index is 2.29. The summed E-state index contributed by atoms with van der Waals surface area (Å²) in [5.41, 5.74) is 0. The maximum absolute atomic E-state index is 12.0. The van der Waals surface area contributed by atoms with Crippen LogP contribution in [0.15, 0.2) is 24.3 Å². The molecule has 7 heteroatoms. The van der Waals surface area contributed by atoms with Gasteiger partial charge in [0, 0.05) is 12.8 Å². The highest BCUT2D eigenvalue weighted by atomic mass is 16.7. The fourth-order valence-electron chi connectivity index (χ4n) is 2.69. The summed E-state index contributed by atoms with van der Waals surface area (Å²) in [4.78, 5) is 23.4. The maximum atomic E-state index is 12.0. The van der Waals surface area contributed by atoms with Crippen molar-refractivity contribution < 1.29 is 33.6 Å². The number of aromatic hydroxyl groups is 1. The lowest BCUT2D eigenvalue weighted by Crippen LogP contribution is -2.55. The largest absolute Gasteiger partial charge is 0.504 e. The van der Waals surface area contributed by atoms with Crippen molar-refractivity contribution in [2.75, 3.05) is 7.11 Å². The fraction of sp³-hybridized carbons (Fsp3) is 0.529. The molecule has 1 aliphatic heterocycles. The predicted octanol–water partition coefficient (Wildman–Crippen LogP) is 1.87. The van der Waals surface area contributed by atoms with E-state index >= 15 is 0 Å². The van der Waals surface area contributed by atoms with Gasteiger partial charge in [-0.2, -0.15) is 0 Å². The smallest absolute Gasteiger partial charge is 0.335 e. The number of rotatable bonds is 4. The van der Waals surface area contributed by atoms with E-state index in [0.717, 1.165) is 0 Å². The van der Waals surface area contributed by atoms with Gasteiger partial charge in [-0.15, -0.1) is 0 Å². The molecule has 0 spiro atoms. The van der Waals surface area contributed by atoms with Gasteiger partial charge >= 0.3 is 11.9 Å². The van der Waals surface area contributed by atoms with E-state index in [0.29, 0.717) is 0 Å². The van der Waals surface area contributed by atoms with Crippen molar-refractivity contribution in [2.24, 2.45) is 11.8 Å². The van der Waals surface area contributed by atoms with Gasteiger partial charge < -0.3 is 24.1 Å². The molecule has 0 radical (unpaired) electrons. The van der Waals surface area contributed by atoms with Crippen molar-refractivity contribution in [2.45, 2.75) is 39.3 Å². The number of phenols is 1. The van der Waals surface area contributed by atoms with Crippen molar-refractivity contribution in [3.63, 3.8) is 0 Å². The zero-order valence-corrected chi connectivity index (χ0v) is 14.1. The van der Waals surface area contributed by atoms with Crippen LogP contribution in [0.25, 0.3) is 0 Å². The number of methoxy groups -OCH3 is 1. The third-order valence-electron chi connectivity index (χ3n) is 4.22. The molecule has 1 aromatic carbocycles. The van der Waals surface area contributed by atoms with Gasteiger partial charge in [-0.3, -0.25) is 4.79 Å². The van der Waals surface area contributed by atoms with E-state index in [1.807, 2.05) is 13.8 Å². The fourth-order valence-corrected chi connectivity index (χ4v) is 2.69. The summed E-state index contributed by atoms with van der Waals surface area (Å²) < 4.78 is 21.5. The van der Waals surface area contributed by atoms with Gasteiger partial charge in [0.05, 0.1) is 7.11 Å². The monoisotopic (exact) mass is 338 g/mol. The van der Waals surface area contributed by atoms with Crippen LogP contribution in [-0.2, 0) is 23.8 Å². The average Bonchev–Trinajstić information content (AvgIpc) is 2.55. The van der Waals surface area contributed by atoms with Crippen molar-refractivity contribution in [1.82, 2.24) is 0 Å². The molecule has 24 heavy (non-hydrogen) atoms. The Morgan fingerprint density at radius 1 is 1.17 bits per heavy atom. The highest BCUT2D eigenvalue weighted by Crippen LogP contribution is 2.36. The summed E-state index contributed by atoms with van der Waals surface area (Å²) in [6.45, 7) is 4.96. The molecule has 0 amide bonds. The Morgan fingerprint density at radius 2 is 1.83 bits per heavy atom. The van der Waals surface area contributed by atoms with E-state index in [2.05, 4.69) is 0 Å². The van der Waals surface area contributed by atoms with E-state index in [1.54, 1.807) is 18.2 Å². The van der Waals surface area contributed by atoms with Gasteiger partial charge in [-0.25, -0.2) is 4.79 Å². The van der Waals surface area contributed by atoms with Gasteiger partial charge in [0.25, 0.3) is 0 Å². The number of hydrogen-bond acceptors (Lipinski definition) is 7. The molecule has 0 aliphatic carbocycles. The van der Waals surface area contributed by atoms with Gasteiger partial charge in [0.15, 0.2) is 23.7 Å². The lowest BCUT2D eigenvalue weighted by molar-refractivity contribution is -0.249. The Morgan fingerprint density at radius 3 is 2.42 bits per heavy atom. The molecule has 1 aliphatic rings. The van der Waals surface area contributed by atoms with Crippen LogP contribution in [0.2, 0.25) is 0 Å². The molecule has 7 nitrogen and oxygen atoms in total. The third kappa shape index (κ3) is 3.79. The summed E-state index contributed by atoms with van der Waals surface area (Å²) in [7, 11) is 1.28. The van der Waals surface area contributed by atoms with Gasteiger partial charge in [-0.05, 0) is 18.1 Å². The molecule has 5 atom stereocenters. The van der Waals surface area contributed by atoms with E-state index in [1.165, 1.54) is 20.1 Å². The molecule has 1 N–H and O–H groups in total. The molecule has 1 aromatic rings. The number of para-hydroxylation sites is 2. The van der Waals surface area contributed by atoms with Crippen LogP contribution in [0.4, 0.5) is 0 Å². The van der Waals surface area contributed by atoms with Crippen LogP contribution in [0, 0.1) is 11.8 Å². The Labute approximate surface area is 140 Å². The number of esters is 2. The highest BCUT2D eigenvalue weighted by Gasteiger charge is 2.48. The summed E-state index contributed by atoms with van der Waals surface area (Å²) in [6.07, 6.45) is -2.62. The normalized spacial score (nSPS) is 29.6. The number of phenolic OH excluding ortho intramolecular Hbond substituents is 1. The lowest BCUT2D eigenvalue weighted by atomic mass is 9.83. The van der Waals surface area contributed by atoms with E-state index in [4.69, 9.17) is 18.9 Å². The molecule has 2 rings (SSSR count). The topological polar surface area (TPSA) is 91.3 Å². The Bertz CT molecular complexity index is 600. The Kier molecular flexibility index (Phi) is 5.66. The number of carbonyl (C=O) groups excluding carboxylic acids is 2.